The molecule has 3 amide bonds. The largest absolute Gasteiger partial charge is 0.478 e. The lowest BCUT2D eigenvalue weighted by Gasteiger charge is -2.43. The molecule has 2 atom stereocenters. The summed E-state index contributed by atoms with van der Waals surface area (Å²) in [5.74, 6) is 0.592. The Hall–Kier alpha value is -6.36. The summed E-state index contributed by atoms with van der Waals surface area (Å²) in [5, 5.41) is 14.8. The van der Waals surface area contributed by atoms with E-state index in [2.05, 4.69) is 55.2 Å². The summed E-state index contributed by atoms with van der Waals surface area (Å²) >= 11 is 0. The van der Waals surface area contributed by atoms with E-state index in [0.29, 0.717) is 53.3 Å². The van der Waals surface area contributed by atoms with Crippen molar-refractivity contribution >= 4 is 68.9 Å². The van der Waals surface area contributed by atoms with E-state index in [1.165, 1.54) is 7.05 Å². The first-order chi connectivity index (χ1) is 30.4. The Labute approximate surface area is 372 Å². The van der Waals surface area contributed by atoms with Gasteiger partial charge in [0.1, 0.15) is 11.5 Å². The third-order valence-electron chi connectivity index (χ3n) is 12.2. The number of pyridine rings is 2. The molecule has 17 heteroatoms. The number of aromatic nitrogens is 6. The molecule has 3 N–H and O–H groups in total. The molecule has 17 nitrogen and oxygen atoms in total. The van der Waals surface area contributed by atoms with Crippen molar-refractivity contribution in [3.05, 3.63) is 70.9 Å². The number of carbonyl (C=O) groups excluding carboxylic acids is 3. The highest BCUT2D eigenvalue weighted by molar-refractivity contribution is 6.03. The molecule has 3 aliphatic heterocycles. The van der Waals surface area contributed by atoms with Crippen molar-refractivity contribution in [1.29, 1.82) is 0 Å². The average molecular weight is 867 g/mol. The Morgan fingerprint density at radius 1 is 1.05 bits per heavy atom. The molecular weight excluding hydrogens is 801 g/mol. The predicted molar refractivity (Wildman–Crippen MR) is 253 cm³/mol. The zero-order valence-electron chi connectivity index (χ0n) is 37.5. The second kappa shape index (κ2) is 19.4. The molecule has 340 valence electrons. The number of hydrogen-bond donors (Lipinski definition) is 3. The van der Waals surface area contributed by atoms with Gasteiger partial charge < -0.3 is 25.2 Å². The molecule has 3 saturated heterocycles. The van der Waals surface area contributed by atoms with Gasteiger partial charge in [0.05, 0.1) is 34.7 Å². The summed E-state index contributed by atoms with van der Waals surface area (Å²) in [4.78, 5) is 71.3. The van der Waals surface area contributed by atoms with Crippen LogP contribution in [0.5, 0.6) is 5.75 Å². The van der Waals surface area contributed by atoms with E-state index in [-0.39, 0.29) is 46.0 Å². The van der Waals surface area contributed by atoms with Crippen LogP contribution in [-0.4, -0.2) is 111 Å². The predicted octanol–water partition coefficient (Wildman–Crippen LogP) is 5.88. The number of aryl methyl sites for hydroxylation is 1. The van der Waals surface area contributed by atoms with Crippen LogP contribution in [0.4, 0.5) is 23.1 Å². The Kier molecular flexibility index (Phi) is 13.7. The highest BCUT2D eigenvalue weighted by atomic mass is 16.5. The molecule has 2 unspecified atom stereocenters. The zero-order chi connectivity index (χ0) is 44.9. The maximum Gasteiger partial charge on any atom is 0.294 e. The van der Waals surface area contributed by atoms with Crippen LogP contribution in [0.1, 0.15) is 87.8 Å². The standard InChI is InChI=1S/C44H54N12O5.C2H6.3H2/c1-7-29-21-47-44(50-40(29)48-31-19-30-20-35(61-25-37(58)45-5)43(60)56(26(2)3)41(30)46-22-31)53-15-13-28(14-16-53)24-54-17-18-55(23-27(54)4)34-10-8-9-32-38(51-52(6)39(32)34)33-11-12-36(57)49-42(33)59;1-2;;;/h7-10,19-22,26-28,33H,1,11-18,23-25H2,2-6H3,(H,45,58)(H,47,48,50)(H,49,57,59);1-2H3;3*1H. The Morgan fingerprint density at radius 2 is 1.83 bits per heavy atom. The first-order valence-corrected chi connectivity index (χ1v) is 22.1. The number of likely N-dealkylation sites (N-methyl/N-ethyl adjacent to an activating group) is 1. The minimum absolute atomic E-state index is 0. The first-order valence-electron chi connectivity index (χ1n) is 22.1. The Bertz CT molecular complexity index is 2580. The molecule has 0 saturated carbocycles. The molecule has 3 fully saturated rings. The van der Waals surface area contributed by atoms with Crippen molar-refractivity contribution in [2.24, 2.45) is 13.0 Å². The summed E-state index contributed by atoms with van der Waals surface area (Å²) in [7, 11) is 3.45. The number of amides is 3. The molecule has 4 aromatic heterocycles. The van der Waals surface area contributed by atoms with Crippen LogP contribution in [0.2, 0.25) is 0 Å². The molecule has 0 spiro atoms. The smallest absolute Gasteiger partial charge is 0.294 e. The van der Waals surface area contributed by atoms with Gasteiger partial charge in [0, 0.05) is 98.7 Å². The first kappa shape index (κ1) is 44.7. The van der Waals surface area contributed by atoms with E-state index in [1.54, 1.807) is 29.1 Å². The van der Waals surface area contributed by atoms with Gasteiger partial charge in [0.2, 0.25) is 17.8 Å². The van der Waals surface area contributed by atoms with Crippen molar-refractivity contribution in [3.8, 4) is 5.75 Å². The van der Waals surface area contributed by atoms with Gasteiger partial charge in [-0.05, 0) is 64.2 Å². The second-order valence-electron chi connectivity index (χ2n) is 16.6. The molecule has 8 rings (SSSR count). The monoisotopic (exact) mass is 867 g/mol. The molecule has 5 aromatic rings. The number of nitrogens with one attached hydrogen (secondary N) is 3. The number of benzene rings is 1. The maximum absolute atomic E-state index is 13.3. The lowest BCUT2D eigenvalue weighted by Crippen LogP contribution is -2.54. The van der Waals surface area contributed by atoms with Crippen LogP contribution >= 0.6 is 0 Å². The third kappa shape index (κ3) is 9.38. The molecule has 63 heavy (non-hydrogen) atoms. The molecule has 0 bridgehead atoms. The topological polar surface area (TPSA) is 185 Å². The number of piperidine rings is 2. The number of carbonyl (C=O) groups is 3. The van der Waals surface area contributed by atoms with E-state index in [1.807, 2.05) is 57.6 Å². The number of ether oxygens (including phenoxy) is 1. The van der Waals surface area contributed by atoms with Crippen molar-refractivity contribution in [1.82, 2.24) is 44.8 Å². The number of nitrogens with zero attached hydrogens (tertiary/aromatic N) is 9. The number of imide groups is 1. The van der Waals surface area contributed by atoms with E-state index >= 15 is 0 Å². The van der Waals surface area contributed by atoms with E-state index < -0.39 is 5.92 Å². The van der Waals surface area contributed by atoms with Gasteiger partial charge in [-0.3, -0.25) is 38.6 Å². The van der Waals surface area contributed by atoms with E-state index in [4.69, 9.17) is 19.8 Å². The zero-order valence-corrected chi connectivity index (χ0v) is 37.5. The molecule has 0 aliphatic carbocycles. The minimum atomic E-state index is -0.433. The van der Waals surface area contributed by atoms with E-state index in [9.17, 15) is 19.2 Å². The molecule has 3 aliphatic rings. The number of piperazine rings is 1. The summed E-state index contributed by atoms with van der Waals surface area (Å²) in [6.45, 7) is 19.2. The van der Waals surface area contributed by atoms with Gasteiger partial charge in [-0.15, -0.1) is 0 Å². The number of rotatable bonds is 12. The van der Waals surface area contributed by atoms with Crippen LogP contribution < -0.4 is 36.0 Å². The number of hydrogen-bond acceptors (Lipinski definition) is 13. The fourth-order valence-electron chi connectivity index (χ4n) is 8.93. The highest BCUT2D eigenvalue weighted by Crippen LogP contribution is 2.36. The Balaban J connectivity index is 0.00000188. The normalized spacial score (nSPS) is 18.6. The fraction of sp³-hybridized carbons (Fsp3) is 0.478. The van der Waals surface area contributed by atoms with Crippen LogP contribution in [0.3, 0.4) is 0 Å². The maximum atomic E-state index is 13.3. The van der Waals surface area contributed by atoms with Crippen LogP contribution in [0.15, 0.2) is 54.1 Å². The van der Waals surface area contributed by atoms with E-state index in [0.717, 1.165) is 80.0 Å². The summed E-state index contributed by atoms with van der Waals surface area (Å²) < 4.78 is 9.08. The highest BCUT2D eigenvalue weighted by Gasteiger charge is 2.34. The van der Waals surface area contributed by atoms with Crippen molar-refractivity contribution in [3.63, 3.8) is 0 Å². The van der Waals surface area contributed by atoms with Crippen LogP contribution in [0.25, 0.3) is 28.0 Å². The quantitative estimate of drug-likeness (QED) is 0.127. The van der Waals surface area contributed by atoms with Crippen LogP contribution in [0, 0.1) is 5.92 Å². The van der Waals surface area contributed by atoms with Gasteiger partial charge in [0.25, 0.3) is 11.5 Å². The van der Waals surface area contributed by atoms with Crippen molar-refractivity contribution in [2.75, 3.05) is 68.0 Å². The number of fused-ring (bicyclic) bond motifs is 2. The summed E-state index contributed by atoms with van der Waals surface area (Å²) in [5.41, 5.74) is 4.43. The van der Waals surface area contributed by atoms with Gasteiger partial charge in [-0.2, -0.15) is 10.1 Å². The fourth-order valence-corrected chi connectivity index (χ4v) is 8.93. The average Bonchev–Trinajstić information content (AvgIpc) is 3.62. The molecular formula is C46H66N12O5. The van der Waals surface area contributed by atoms with Crippen molar-refractivity contribution in [2.45, 2.75) is 78.3 Å². The van der Waals surface area contributed by atoms with Gasteiger partial charge in [0.15, 0.2) is 12.4 Å². The lowest BCUT2D eigenvalue weighted by atomic mass is 9.92. The Morgan fingerprint density at radius 3 is 2.52 bits per heavy atom. The summed E-state index contributed by atoms with van der Waals surface area (Å²) in [6, 6.07) is 9.88. The summed E-state index contributed by atoms with van der Waals surface area (Å²) in [6.07, 6.45) is 8.01. The SMILES string of the molecule is C=Cc1cnc(N2CCC(CN3CCN(c4cccc5c(C6CCC(=O)NC6=O)nn(C)c45)CC3C)CC2)nc1Nc1cnc2c(c1)cc(OCC(=O)NC)c(=O)n2C(C)C.CC.[HH].[HH].[HH]. The molecule has 0 radical (unpaired) electrons. The van der Waals surface area contributed by atoms with Gasteiger partial charge in [-0.1, -0.05) is 38.6 Å². The minimum Gasteiger partial charge on any atom is -0.478 e. The number of anilines is 4. The van der Waals surface area contributed by atoms with Gasteiger partial charge in [-0.25, -0.2) is 9.97 Å². The third-order valence-corrected chi connectivity index (χ3v) is 12.2. The van der Waals surface area contributed by atoms with Crippen molar-refractivity contribution < 1.29 is 23.4 Å². The van der Waals surface area contributed by atoms with Crippen LogP contribution in [-0.2, 0) is 21.4 Å². The molecule has 7 heterocycles. The van der Waals surface area contributed by atoms with Gasteiger partial charge >= 0.3 is 0 Å². The number of para-hydroxylation sites is 1. The second-order valence-corrected chi connectivity index (χ2v) is 16.6. The molecule has 1 aromatic carbocycles. The lowest BCUT2D eigenvalue weighted by molar-refractivity contribution is -0.134.